The molecule has 0 saturated carbocycles. The first-order chi connectivity index (χ1) is 12.2. The second kappa shape index (κ2) is 6.16. The van der Waals surface area contributed by atoms with Gasteiger partial charge < -0.3 is 9.72 Å². The minimum Gasteiger partial charge on any atom is -0.324 e. The fraction of sp³-hybridized carbons (Fsp3) is 0.118. The summed E-state index contributed by atoms with van der Waals surface area (Å²) in [6, 6.07) is 11.6. The van der Waals surface area contributed by atoms with E-state index in [-0.39, 0.29) is 12.5 Å². The van der Waals surface area contributed by atoms with E-state index in [9.17, 15) is 4.79 Å². The van der Waals surface area contributed by atoms with Gasteiger partial charge in [0.15, 0.2) is 0 Å². The van der Waals surface area contributed by atoms with E-state index in [2.05, 4.69) is 20.8 Å². The van der Waals surface area contributed by atoms with E-state index in [0.29, 0.717) is 5.69 Å². The number of pyridine rings is 1. The predicted octanol–water partition coefficient (Wildman–Crippen LogP) is 1.93. The number of hydrogen-bond donors (Lipinski definition) is 1. The van der Waals surface area contributed by atoms with Gasteiger partial charge in [-0.3, -0.25) is 4.79 Å². The Morgan fingerprint density at radius 2 is 2.08 bits per heavy atom. The predicted molar refractivity (Wildman–Crippen MR) is 91.8 cm³/mol. The monoisotopic (exact) mass is 333 g/mol. The molecular formula is C17H15N7O. The van der Waals surface area contributed by atoms with Crippen molar-refractivity contribution in [3.63, 3.8) is 0 Å². The molecule has 3 heterocycles. The Balaban J connectivity index is 1.66. The molecule has 3 aromatic heterocycles. The SMILES string of the molecule is Cc1cccn2cc(-c3ccccc3NC(=O)Cn3cnnn3)nc12. The standard InChI is InChI=1S/C17H15N7O/c1-12-5-4-8-23-9-15(20-17(12)23)13-6-2-3-7-14(13)19-16(25)10-24-11-18-21-22-24/h2-9,11H,10H2,1H3,(H,19,25). The largest absolute Gasteiger partial charge is 0.324 e. The molecule has 0 aliphatic heterocycles. The third-order valence-corrected chi connectivity index (χ3v) is 3.85. The van der Waals surface area contributed by atoms with Gasteiger partial charge in [0.1, 0.15) is 18.5 Å². The summed E-state index contributed by atoms with van der Waals surface area (Å²) in [4.78, 5) is 16.9. The molecule has 0 aliphatic rings. The second-order valence-electron chi connectivity index (χ2n) is 5.65. The number of nitrogens with zero attached hydrogens (tertiary/aromatic N) is 6. The van der Waals surface area contributed by atoms with Gasteiger partial charge >= 0.3 is 0 Å². The van der Waals surface area contributed by atoms with Crippen LogP contribution in [0.15, 0.2) is 55.1 Å². The smallest absolute Gasteiger partial charge is 0.246 e. The number of carbonyl (C=O) groups excluding carboxylic acids is 1. The maximum atomic E-state index is 12.2. The molecule has 0 unspecified atom stereocenters. The summed E-state index contributed by atoms with van der Waals surface area (Å²) in [5.41, 5.74) is 4.34. The van der Waals surface area contributed by atoms with E-state index >= 15 is 0 Å². The number of hydrogen-bond acceptors (Lipinski definition) is 5. The summed E-state index contributed by atoms with van der Waals surface area (Å²) < 4.78 is 3.34. The number of anilines is 1. The molecule has 0 atom stereocenters. The Kier molecular flexibility index (Phi) is 3.70. The van der Waals surface area contributed by atoms with Crippen molar-refractivity contribution >= 4 is 17.2 Å². The van der Waals surface area contributed by atoms with Crippen molar-refractivity contribution in [2.45, 2.75) is 13.5 Å². The Morgan fingerprint density at radius 1 is 1.20 bits per heavy atom. The molecule has 25 heavy (non-hydrogen) atoms. The molecule has 0 spiro atoms. The van der Waals surface area contributed by atoms with Crippen molar-refractivity contribution < 1.29 is 4.79 Å². The first-order valence-corrected chi connectivity index (χ1v) is 7.75. The van der Waals surface area contributed by atoms with Crippen LogP contribution in [0.5, 0.6) is 0 Å². The zero-order valence-corrected chi connectivity index (χ0v) is 13.5. The number of fused-ring (bicyclic) bond motifs is 1. The maximum absolute atomic E-state index is 12.2. The zero-order valence-electron chi connectivity index (χ0n) is 13.5. The fourth-order valence-corrected chi connectivity index (χ4v) is 2.69. The highest BCUT2D eigenvalue weighted by Gasteiger charge is 2.12. The van der Waals surface area contributed by atoms with Crippen LogP contribution in [0.25, 0.3) is 16.9 Å². The van der Waals surface area contributed by atoms with Gasteiger partial charge in [0.25, 0.3) is 0 Å². The molecule has 1 N–H and O–H groups in total. The molecule has 8 heteroatoms. The van der Waals surface area contributed by atoms with Crippen molar-refractivity contribution in [2.75, 3.05) is 5.32 Å². The lowest BCUT2D eigenvalue weighted by Gasteiger charge is -2.09. The highest BCUT2D eigenvalue weighted by molar-refractivity contribution is 5.95. The lowest BCUT2D eigenvalue weighted by atomic mass is 10.1. The fourth-order valence-electron chi connectivity index (χ4n) is 2.69. The van der Waals surface area contributed by atoms with Crippen LogP contribution in [0.1, 0.15) is 5.56 Å². The molecule has 0 bridgehead atoms. The number of tetrazole rings is 1. The van der Waals surface area contributed by atoms with E-state index in [0.717, 1.165) is 22.5 Å². The zero-order chi connectivity index (χ0) is 17.2. The van der Waals surface area contributed by atoms with Crippen molar-refractivity contribution in [3.8, 4) is 11.3 Å². The van der Waals surface area contributed by atoms with E-state index in [1.165, 1.54) is 11.0 Å². The van der Waals surface area contributed by atoms with Crippen molar-refractivity contribution in [2.24, 2.45) is 0 Å². The number of carbonyl (C=O) groups is 1. The summed E-state index contributed by atoms with van der Waals surface area (Å²) >= 11 is 0. The molecule has 4 aromatic rings. The molecule has 0 aliphatic carbocycles. The van der Waals surface area contributed by atoms with Crippen LogP contribution < -0.4 is 5.32 Å². The number of rotatable bonds is 4. The molecule has 4 rings (SSSR count). The summed E-state index contributed by atoms with van der Waals surface area (Å²) in [6.45, 7) is 2.07. The van der Waals surface area contributed by atoms with Gasteiger partial charge in [0.2, 0.25) is 5.91 Å². The van der Waals surface area contributed by atoms with Crippen LogP contribution >= 0.6 is 0 Å². The highest BCUT2D eigenvalue weighted by Crippen LogP contribution is 2.28. The normalized spacial score (nSPS) is 10.9. The van der Waals surface area contributed by atoms with Crippen LogP contribution in [0.4, 0.5) is 5.69 Å². The van der Waals surface area contributed by atoms with Gasteiger partial charge in [0, 0.05) is 18.0 Å². The average molecular weight is 333 g/mol. The first-order valence-electron chi connectivity index (χ1n) is 7.75. The molecule has 1 aromatic carbocycles. The summed E-state index contributed by atoms with van der Waals surface area (Å²) in [7, 11) is 0. The number of nitrogens with one attached hydrogen (secondary N) is 1. The topological polar surface area (TPSA) is 90.0 Å². The Hall–Kier alpha value is -3.55. The number of para-hydroxylation sites is 1. The molecule has 0 fully saturated rings. The van der Waals surface area contributed by atoms with Crippen molar-refractivity contribution in [3.05, 3.63) is 60.7 Å². The molecule has 1 amide bonds. The van der Waals surface area contributed by atoms with Gasteiger partial charge in [-0.15, -0.1) is 5.10 Å². The minimum atomic E-state index is -0.209. The van der Waals surface area contributed by atoms with Gasteiger partial charge in [-0.1, -0.05) is 24.3 Å². The third-order valence-electron chi connectivity index (χ3n) is 3.85. The van der Waals surface area contributed by atoms with Crippen LogP contribution in [-0.2, 0) is 11.3 Å². The van der Waals surface area contributed by atoms with Crippen LogP contribution in [-0.4, -0.2) is 35.5 Å². The quantitative estimate of drug-likeness (QED) is 0.616. The second-order valence-corrected chi connectivity index (χ2v) is 5.65. The molecule has 124 valence electrons. The van der Waals surface area contributed by atoms with E-state index in [4.69, 9.17) is 4.98 Å². The Morgan fingerprint density at radius 3 is 2.88 bits per heavy atom. The van der Waals surface area contributed by atoms with Crippen LogP contribution in [0.2, 0.25) is 0 Å². The number of amides is 1. The average Bonchev–Trinajstić information content (AvgIpc) is 3.25. The van der Waals surface area contributed by atoms with Gasteiger partial charge in [0.05, 0.1) is 11.4 Å². The van der Waals surface area contributed by atoms with Gasteiger partial charge in [-0.05, 0) is 35.0 Å². The first kappa shape index (κ1) is 15.0. The Labute approximate surface area is 143 Å². The van der Waals surface area contributed by atoms with E-state index in [1.807, 2.05) is 60.1 Å². The number of aromatic nitrogens is 6. The van der Waals surface area contributed by atoms with E-state index < -0.39 is 0 Å². The summed E-state index contributed by atoms with van der Waals surface area (Å²) in [6.07, 6.45) is 5.31. The maximum Gasteiger partial charge on any atom is 0.246 e. The Bertz CT molecular complexity index is 1040. The number of aryl methyl sites for hydroxylation is 1. The van der Waals surface area contributed by atoms with Gasteiger partial charge in [-0.25, -0.2) is 9.67 Å². The number of benzene rings is 1. The van der Waals surface area contributed by atoms with E-state index in [1.54, 1.807) is 0 Å². The molecule has 8 nitrogen and oxygen atoms in total. The highest BCUT2D eigenvalue weighted by atomic mass is 16.2. The van der Waals surface area contributed by atoms with Crippen LogP contribution in [0.3, 0.4) is 0 Å². The molecule has 0 radical (unpaired) electrons. The summed E-state index contributed by atoms with van der Waals surface area (Å²) in [5, 5.41) is 13.6. The minimum absolute atomic E-state index is 0.0472. The van der Waals surface area contributed by atoms with Crippen LogP contribution in [0, 0.1) is 6.92 Å². The third kappa shape index (κ3) is 2.97. The summed E-state index contributed by atoms with van der Waals surface area (Å²) in [5.74, 6) is -0.209. The lowest BCUT2D eigenvalue weighted by Crippen LogP contribution is -2.19. The van der Waals surface area contributed by atoms with Gasteiger partial charge in [-0.2, -0.15) is 0 Å². The molecular weight excluding hydrogens is 318 g/mol. The van der Waals surface area contributed by atoms with Crippen molar-refractivity contribution in [1.82, 2.24) is 29.6 Å². The lowest BCUT2D eigenvalue weighted by molar-refractivity contribution is -0.116. The molecule has 0 saturated heterocycles. The van der Waals surface area contributed by atoms with Crippen molar-refractivity contribution in [1.29, 1.82) is 0 Å². The number of imidazole rings is 1.